The molecule has 1 unspecified atom stereocenters. The molecule has 1 fully saturated rings. The van der Waals surface area contributed by atoms with Gasteiger partial charge in [0.1, 0.15) is 12.7 Å². The molecular weight excluding hydrogens is 525 g/mol. The number of carbonyl (C=O) groups excluding carboxylic acids is 1. The van der Waals surface area contributed by atoms with E-state index in [2.05, 4.69) is 9.97 Å². The van der Waals surface area contributed by atoms with Crippen molar-refractivity contribution in [3.05, 3.63) is 88.7 Å². The number of fused-ring (bicyclic) bond motifs is 1. The van der Waals surface area contributed by atoms with Crippen molar-refractivity contribution in [2.45, 2.75) is 50.0 Å². The van der Waals surface area contributed by atoms with Crippen molar-refractivity contribution in [2.75, 3.05) is 13.1 Å². The third-order valence-corrected chi connectivity index (χ3v) is 7.46. The Balaban J connectivity index is 1.26. The fourth-order valence-electron chi connectivity index (χ4n) is 5.08. The zero-order chi connectivity index (χ0) is 28.5. The first kappa shape index (κ1) is 27.5. The number of nitrogens with two attached hydrogens (primary N) is 1. The molecule has 1 atom stereocenters. The van der Waals surface area contributed by atoms with Gasteiger partial charge in [-0.05, 0) is 36.1 Å². The minimum atomic E-state index is -4.57. The number of halogens is 3. The van der Waals surface area contributed by atoms with Gasteiger partial charge in [-0.2, -0.15) is 13.2 Å². The maximum Gasteiger partial charge on any atom is 0.396 e. The van der Waals surface area contributed by atoms with E-state index in [4.69, 9.17) is 5.73 Å². The number of carbonyl (C=O) groups is 1. The van der Waals surface area contributed by atoms with Crippen LogP contribution in [0.5, 0.6) is 0 Å². The molecule has 0 bridgehead atoms. The Morgan fingerprint density at radius 1 is 1.02 bits per heavy atom. The summed E-state index contributed by atoms with van der Waals surface area (Å²) in [6.07, 6.45) is -2.21. The van der Waals surface area contributed by atoms with Crippen LogP contribution in [0.15, 0.2) is 72.0 Å². The van der Waals surface area contributed by atoms with E-state index in [1.165, 1.54) is 46.4 Å². The number of hydrogen-bond acceptors (Lipinski definition) is 6. The van der Waals surface area contributed by atoms with E-state index in [0.29, 0.717) is 12.2 Å². The van der Waals surface area contributed by atoms with E-state index in [0.717, 1.165) is 11.3 Å². The molecule has 1 aliphatic heterocycles. The Hall–Kier alpha value is -4.03. The van der Waals surface area contributed by atoms with Gasteiger partial charge in [-0.3, -0.25) is 18.7 Å². The fraction of sp³-hybridized carbons (Fsp3) is 0.357. The Labute approximate surface area is 227 Å². The van der Waals surface area contributed by atoms with Gasteiger partial charge in [-0.25, -0.2) is 9.97 Å². The molecule has 0 aliphatic carbocycles. The van der Waals surface area contributed by atoms with E-state index in [1.807, 2.05) is 24.3 Å². The van der Waals surface area contributed by atoms with Gasteiger partial charge >= 0.3 is 6.18 Å². The Morgan fingerprint density at radius 3 is 2.33 bits per heavy atom. The van der Waals surface area contributed by atoms with Gasteiger partial charge in [-0.1, -0.05) is 42.5 Å². The summed E-state index contributed by atoms with van der Waals surface area (Å²) < 4.78 is 44.1. The van der Waals surface area contributed by atoms with Crippen LogP contribution in [0.25, 0.3) is 16.9 Å². The Morgan fingerprint density at radius 2 is 1.70 bits per heavy atom. The summed E-state index contributed by atoms with van der Waals surface area (Å²) in [6.45, 7) is 0.480. The second-order valence-corrected chi connectivity index (χ2v) is 10.1. The number of amides is 1. The number of nitrogens with zero attached hydrogens (tertiary/aromatic N) is 5. The lowest BCUT2D eigenvalue weighted by Crippen LogP contribution is -2.50. The predicted molar refractivity (Wildman–Crippen MR) is 142 cm³/mol. The first-order chi connectivity index (χ1) is 19.1. The second-order valence-electron chi connectivity index (χ2n) is 10.1. The number of likely N-dealkylation sites (tertiary alicyclic amines) is 1. The molecule has 0 saturated carbocycles. The number of benzene rings is 2. The van der Waals surface area contributed by atoms with Crippen molar-refractivity contribution >= 4 is 17.1 Å². The summed E-state index contributed by atoms with van der Waals surface area (Å²) >= 11 is 0. The number of piperidine rings is 1. The van der Waals surface area contributed by atoms with Crippen molar-refractivity contribution < 1.29 is 23.1 Å². The minimum absolute atomic E-state index is 0.0362. The summed E-state index contributed by atoms with van der Waals surface area (Å²) in [7, 11) is 0. The standard InChI is InChI=1S/C28H29F3N6O3/c29-28(30,31)22(20-4-2-1-3-5-20)14-23(38)35-12-10-27(40,11-13-35)16-36-17-34-25-24(26(36)39)33-18-37(25)21-8-6-19(15-32)7-9-21/h1-9,17-18,22,40H,10-16,32H2. The lowest BCUT2D eigenvalue weighted by Gasteiger charge is -2.39. The molecule has 9 nitrogen and oxygen atoms in total. The van der Waals surface area contributed by atoms with Crippen LogP contribution >= 0.6 is 0 Å². The largest absolute Gasteiger partial charge is 0.396 e. The zero-order valence-corrected chi connectivity index (χ0v) is 21.6. The monoisotopic (exact) mass is 554 g/mol. The molecule has 40 heavy (non-hydrogen) atoms. The molecule has 12 heteroatoms. The first-order valence-electron chi connectivity index (χ1n) is 12.9. The number of alkyl halides is 3. The highest BCUT2D eigenvalue weighted by Crippen LogP contribution is 2.38. The van der Waals surface area contributed by atoms with E-state index < -0.39 is 35.6 Å². The van der Waals surface area contributed by atoms with Gasteiger partial charge in [0.2, 0.25) is 5.91 Å². The molecule has 210 valence electrons. The van der Waals surface area contributed by atoms with E-state index in [1.54, 1.807) is 10.6 Å². The fourth-order valence-corrected chi connectivity index (χ4v) is 5.08. The number of aromatic nitrogens is 4. The van der Waals surface area contributed by atoms with Crippen LogP contribution < -0.4 is 11.3 Å². The van der Waals surface area contributed by atoms with E-state index in [-0.39, 0.29) is 43.6 Å². The van der Waals surface area contributed by atoms with E-state index in [9.17, 15) is 27.9 Å². The quantitative estimate of drug-likeness (QED) is 0.362. The van der Waals surface area contributed by atoms with Crippen LogP contribution in [0.3, 0.4) is 0 Å². The Kier molecular flexibility index (Phi) is 7.47. The number of rotatable bonds is 7. The van der Waals surface area contributed by atoms with Crippen LogP contribution in [0.1, 0.15) is 36.3 Å². The summed E-state index contributed by atoms with van der Waals surface area (Å²) in [5.41, 5.74) is 6.16. The van der Waals surface area contributed by atoms with Gasteiger partial charge < -0.3 is 15.7 Å². The molecule has 3 N–H and O–H groups in total. The van der Waals surface area contributed by atoms with Crippen molar-refractivity contribution in [1.82, 2.24) is 24.0 Å². The number of imidazole rings is 1. The van der Waals surface area contributed by atoms with Crippen LogP contribution in [0.4, 0.5) is 13.2 Å². The highest BCUT2D eigenvalue weighted by molar-refractivity contribution is 5.77. The zero-order valence-electron chi connectivity index (χ0n) is 21.6. The van der Waals surface area contributed by atoms with Gasteiger partial charge in [0.05, 0.1) is 18.1 Å². The van der Waals surface area contributed by atoms with E-state index >= 15 is 0 Å². The molecule has 1 amide bonds. The van der Waals surface area contributed by atoms with Gasteiger partial charge in [0.15, 0.2) is 11.2 Å². The summed E-state index contributed by atoms with van der Waals surface area (Å²) in [6, 6.07) is 14.8. The maximum atomic E-state index is 13.7. The molecule has 1 saturated heterocycles. The SMILES string of the molecule is NCc1ccc(-n2cnc3c(=O)n(CC4(O)CCN(C(=O)CC(c5ccccc5)C(F)(F)F)CC4)cnc32)cc1. The molecule has 5 rings (SSSR count). The molecular formula is C28H29F3N6O3. The smallest absolute Gasteiger partial charge is 0.388 e. The molecule has 0 radical (unpaired) electrons. The average molecular weight is 555 g/mol. The number of aliphatic hydroxyl groups is 1. The highest BCUT2D eigenvalue weighted by Gasteiger charge is 2.43. The van der Waals surface area contributed by atoms with Crippen molar-refractivity contribution in [1.29, 1.82) is 0 Å². The third-order valence-electron chi connectivity index (χ3n) is 7.46. The van der Waals surface area contributed by atoms with Crippen LogP contribution in [0.2, 0.25) is 0 Å². The third kappa shape index (κ3) is 5.63. The van der Waals surface area contributed by atoms with Crippen molar-refractivity contribution in [3.8, 4) is 5.69 Å². The molecule has 4 aromatic rings. The molecule has 2 aromatic heterocycles. The van der Waals surface area contributed by atoms with Crippen LogP contribution in [-0.4, -0.2) is 59.9 Å². The molecule has 0 spiro atoms. The normalized spacial score (nSPS) is 16.3. The lowest BCUT2D eigenvalue weighted by atomic mass is 9.90. The topological polar surface area (TPSA) is 119 Å². The number of hydrogen-bond donors (Lipinski definition) is 2. The molecule has 1 aliphatic rings. The minimum Gasteiger partial charge on any atom is -0.388 e. The Bertz CT molecular complexity index is 1540. The van der Waals surface area contributed by atoms with Crippen LogP contribution in [0, 0.1) is 0 Å². The molecule has 3 heterocycles. The summed E-state index contributed by atoms with van der Waals surface area (Å²) in [5, 5.41) is 11.2. The first-order valence-corrected chi connectivity index (χ1v) is 12.9. The second kappa shape index (κ2) is 10.9. The summed E-state index contributed by atoms with van der Waals surface area (Å²) in [4.78, 5) is 36.0. The average Bonchev–Trinajstić information content (AvgIpc) is 3.38. The highest BCUT2D eigenvalue weighted by atomic mass is 19.4. The van der Waals surface area contributed by atoms with Crippen LogP contribution in [-0.2, 0) is 17.9 Å². The van der Waals surface area contributed by atoms with Gasteiger partial charge in [0, 0.05) is 31.7 Å². The predicted octanol–water partition coefficient (Wildman–Crippen LogP) is 3.13. The van der Waals surface area contributed by atoms with Gasteiger partial charge in [0.25, 0.3) is 5.56 Å². The van der Waals surface area contributed by atoms with Crippen molar-refractivity contribution in [2.24, 2.45) is 5.73 Å². The lowest BCUT2D eigenvalue weighted by molar-refractivity contribution is -0.162. The molecule has 2 aromatic carbocycles. The summed E-state index contributed by atoms with van der Waals surface area (Å²) in [5.74, 6) is -2.53. The van der Waals surface area contributed by atoms with Crippen molar-refractivity contribution in [3.63, 3.8) is 0 Å². The maximum absolute atomic E-state index is 13.7. The van der Waals surface area contributed by atoms with Gasteiger partial charge in [-0.15, -0.1) is 0 Å².